The average Bonchev–Trinajstić information content (AvgIpc) is 1.66. The summed E-state index contributed by atoms with van der Waals surface area (Å²) < 4.78 is 0. The van der Waals surface area contributed by atoms with Crippen molar-refractivity contribution in [3.05, 3.63) is 158 Å². The summed E-state index contributed by atoms with van der Waals surface area (Å²) in [6, 6.07) is 17.2. The third-order valence-corrected chi connectivity index (χ3v) is 25.8. The van der Waals surface area contributed by atoms with Crippen LogP contribution >= 0.6 is 0 Å². The number of aliphatic hydroxyl groups is 2. The number of carbonyl (C=O) groups is 4. The summed E-state index contributed by atoms with van der Waals surface area (Å²) in [4.78, 5) is 46.6. The lowest BCUT2D eigenvalue weighted by molar-refractivity contribution is -0.129. The number of ketones is 4. The molecule has 0 aliphatic heterocycles. The molecule has 7 fully saturated rings. The lowest BCUT2D eigenvalue weighted by Crippen LogP contribution is -2.42. The predicted octanol–water partition coefficient (Wildman–Crippen LogP) is 20.7. The summed E-state index contributed by atoms with van der Waals surface area (Å²) in [5.74, 6) is 8.62. The van der Waals surface area contributed by atoms with Gasteiger partial charge in [-0.3, -0.25) is 19.2 Å². The van der Waals surface area contributed by atoms with E-state index in [0.29, 0.717) is 75.9 Å². The van der Waals surface area contributed by atoms with Crippen LogP contribution in [0.1, 0.15) is 286 Å². The van der Waals surface area contributed by atoms with Gasteiger partial charge in [0.1, 0.15) is 28.8 Å². The highest BCUT2D eigenvalue weighted by Gasteiger charge is 2.55. The number of rotatable bonds is 0. The molecule has 0 aromatic heterocycles. The molecule has 0 spiro atoms. The summed E-state index contributed by atoms with van der Waals surface area (Å²) in [5, 5.41) is 47.2. The number of carbonyl (C=O) groups excluding carboxylic acids is 4. The number of fused-ring (bicyclic) bond motifs is 15. The number of hydrogen-bond acceptors (Lipinski definition) is 9. The number of aromatic hydroxyl groups is 3. The first-order valence-electron chi connectivity index (χ1n) is 37.8. The maximum absolute atomic E-state index is 12.3. The van der Waals surface area contributed by atoms with Gasteiger partial charge < -0.3 is 25.5 Å². The second-order valence-electron chi connectivity index (χ2n) is 31.5. The first kappa shape index (κ1) is 73.6. The van der Waals surface area contributed by atoms with E-state index in [2.05, 4.69) is 68.5 Å². The van der Waals surface area contributed by atoms with Crippen LogP contribution in [0.5, 0.6) is 17.2 Å². The molecule has 9 heteroatoms. The fraction of sp³-hybridized carbons (Fsp3) is 0.591. The van der Waals surface area contributed by atoms with Gasteiger partial charge in [0.05, 0.1) is 12.2 Å². The first-order chi connectivity index (χ1) is 46.0. The van der Waals surface area contributed by atoms with Gasteiger partial charge in [-0.25, -0.2) is 0 Å². The molecule has 0 heterocycles. The number of aliphatic hydroxyl groups excluding tert-OH is 2. The van der Waals surface area contributed by atoms with Crippen molar-refractivity contribution in [1.82, 2.24) is 0 Å². The third-order valence-electron chi connectivity index (χ3n) is 25.8. The maximum Gasteiger partial charge on any atom is 0.156 e. The van der Waals surface area contributed by atoms with Gasteiger partial charge >= 0.3 is 0 Å². The second-order valence-corrected chi connectivity index (χ2v) is 31.5. The van der Waals surface area contributed by atoms with Crippen molar-refractivity contribution in [3.63, 3.8) is 0 Å². The van der Waals surface area contributed by atoms with Gasteiger partial charge in [-0.05, 0) is 326 Å². The van der Waals surface area contributed by atoms with Crippen molar-refractivity contribution < 1.29 is 44.7 Å². The van der Waals surface area contributed by atoms with Crippen LogP contribution in [-0.4, -0.2) is 60.9 Å². The molecule has 5 N–H and O–H groups in total. The molecule has 7 saturated carbocycles. The van der Waals surface area contributed by atoms with E-state index >= 15 is 0 Å². The number of aryl methyl sites for hydroxylation is 2. The molecule has 18 rings (SSSR count). The minimum absolute atomic E-state index is 0. The Morgan fingerprint density at radius 3 is 1.68 bits per heavy atom. The van der Waals surface area contributed by atoms with Crippen molar-refractivity contribution in [1.29, 1.82) is 0 Å². The molecule has 0 saturated heterocycles. The average molecular weight is 1320 g/mol. The van der Waals surface area contributed by atoms with E-state index in [1.807, 2.05) is 42.5 Å². The van der Waals surface area contributed by atoms with E-state index in [4.69, 9.17) is 5.11 Å². The largest absolute Gasteiger partial charge is 0.508 e. The minimum atomic E-state index is -0.126. The normalized spacial score (nSPS) is 32.4. The van der Waals surface area contributed by atoms with Crippen LogP contribution < -0.4 is 0 Å². The van der Waals surface area contributed by atoms with Crippen LogP contribution in [0, 0.1) is 52.3 Å². The second kappa shape index (κ2) is 33.3. The first-order valence-corrected chi connectivity index (χ1v) is 37.8. The Morgan fingerprint density at radius 2 is 1.00 bits per heavy atom. The van der Waals surface area contributed by atoms with Gasteiger partial charge in [0.25, 0.3) is 0 Å². The van der Waals surface area contributed by atoms with E-state index in [1.165, 1.54) is 148 Å². The Hall–Kier alpha value is -6.16. The Kier molecular flexibility index (Phi) is 25.3. The number of Topliss-reactive ketones (excluding diaryl/α,β-unsaturated/α-hetero) is 2. The molecule has 97 heavy (non-hydrogen) atoms. The molecule has 3 aromatic carbocycles. The van der Waals surface area contributed by atoms with E-state index in [9.17, 15) is 39.6 Å². The Balaban J connectivity index is 0.000000125. The van der Waals surface area contributed by atoms with Crippen molar-refractivity contribution >= 4 is 35.3 Å². The Bertz CT molecular complexity index is 3470. The van der Waals surface area contributed by atoms with E-state index in [-0.39, 0.29) is 37.9 Å². The Morgan fingerprint density at radius 1 is 0.423 bits per heavy atom. The smallest absolute Gasteiger partial charge is 0.156 e. The maximum atomic E-state index is 12.3. The molecular weight excluding hydrogens is 1200 g/mol. The summed E-state index contributed by atoms with van der Waals surface area (Å²) in [6.45, 7) is 4.40. The van der Waals surface area contributed by atoms with Gasteiger partial charge in [0, 0.05) is 36.5 Å². The zero-order valence-electron chi connectivity index (χ0n) is 57.4. The topological polar surface area (TPSA) is 169 Å². The molecular formula is C88H118O9. The third kappa shape index (κ3) is 17.4. The molecule has 13 atom stereocenters. The summed E-state index contributed by atoms with van der Waals surface area (Å²) in [6.07, 6.45) is 58.7. The molecule has 6 unspecified atom stereocenters. The van der Waals surface area contributed by atoms with E-state index < -0.39 is 0 Å². The number of benzene rings is 3. The monoisotopic (exact) mass is 1320 g/mol. The predicted molar refractivity (Wildman–Crippen MR) is 394 cm³/mol. The highest BCUT2D eigenvalue weighted by atomic mass is 16.3. The summed E-state index contributed by atoms with van der Waals surface area (Å²) in [5.41, 5.74) is 15.0. The van der Waals surface area contributed by atoms with Crippen LogP contribution in [0.2, 0.25) is 0 Å². The fourth-order valence-corrected chi connectivity index (χ4v) is 20.4. The lowest BCUT2D eigenvalue weighted by atomic mass is 9.55. The van der Waals surface area contributed by atoms with Gasteiger partial charge in [0.15, 0.2) is 11.6 Å². The number of phenolic OH excluding ortho intramolecular Hbond substituents is 3. The molecule has 3 aromatic rings. The quantitative estimate of drug-likeness (QED) is 0.138. The van der Waals surface area contributed by atoms with Gasteiger partial charge in [-0.15, -0.1) is 0 Å². The Labute approximate surface area is 582 Å². The van der Waals surface area contributed by atoms with Crippen LogP contribution in [0.25, 0.3) is 12.2 Å². The molecule has 0 amide bonds. The molecule has 0 bridgehead atoms. The lowest BCUT2D eigenvalue weighted by Gasteiger charge is -2.48. The standard InChI is InChI=1S/C18H22O2.C18H20O2.2C10H16O.C10H14O.C10H12O.C10H10O.2CH4/c2*1-18-9-8-14-13-5-3-12(19)10-11(13)2-4-15(14)16(18)6-7-17(18)20;5*11-10-6-5-8-3-1-2-4-9(8)7-10;;/h3,5,10,14-16,19H,2,4,6-9H2,1H3;2-5,10,14-16,19H,6-9H2,1H3;2*7-8,10-11H,1-6H2;7-8H,1-6H2;3,7H,1-2,4-6H2;2,4-7,11H,1,3H2;2*1H4/t2*14?,15?,16?,18-;2*8-,10-;8-;;;;/m00000..../s1. The van der Waals surface area contributed by atoms with Gasteiger partial charge in [-0.1, -0.05) is 125 Å². The molecule has 15 aliphatic carbocycles. The molecule has 0 radical (unpaired) electrons. The van der Waals surface area contributed by atoms with Gasteiger partial charge in [-0.2, -0.15) is 0 Å². The number of hydrogen-bond donors (Lipinski definition) is 5. The van der Waals surface area contributed by atoms with Crippen LogP contribution in [0.3, 0.4) is 0 Å². The molecule has 15 aliphatic rings. The fourth-order valence-electron chi connectivity index (χ4n) is 20.4. The number of allylic oxidation sites excluding steroid dienone is 10. The van der Waals surface area contributed by atoms with E-state index in [0.717, 1.165) is 144 Å². The van der Waals surface area contributed by atoms with Gasteiger partial charge in [0.2, 0.25) is 0 Å². The van der Waals surface area contributed by atoms with E-state index in [1.54, 1.807) is 23.3 Å². The van der Waals surface area contributed by atoms with Crippen molar-refractivity contribution in [2.45, 2.75) is 277 Å². The number of phenols is 3. The van der Waals surface area contributed by atoms with Crippen LogP contribution in [0.4, 0.5) is 0 Å². The highest BCUT2D eigenvalue weighted by Crippen LogP contribution is 2.61. The molecule has 9 nitrogen and oxygen atoms in total. The van der Waals surface area contributed by atoms with Crippen molar-refractivity contribution in [2.24, 2.45) is 52.3 Å². The minimum Gasteiger partial charge on any atom is -0.508 e. The highest BCUT2D eigenvalue weighted by molar-refractivity contribution is 5.93. The SMILES string of the molecule is C.C.C[C@]12CCC3c4ccc(O)cc4C=CC3C1CCC2=O.C[C@]12CCC3c4ccc(O)cc4CCC3C1CCC2=O.O=C1C=C2CCCC=C2CC1.O=C1C=C2CCCC[C@H]2CC1.O[C@@H]1C=C2CCCC[C@H]2CC1.O[C@@H]1C=C2CCCC[C@H]2CC1.Oc1ccc2c(c1)C=CCC2. The molecule has 524 valence electrons. The summed E-state index contributed by atoms with van der Waals surface area (Å²) >= 11 is 0. The van der Waals surface area contributed by atoms with Crippen molar-refractivity contribution in [3.8, 4) is 17.2 Å². The van der Waals surface area contributed by atoms with Crippen LogP contribution in [0.15, 0.2) is 125 Å². The zero-order chi connectivity index (χ0) is 66.2. The summed E-state index contributed by atoms with van der Waals surface area (Å²) in [7, 11) is 0. The van der Waals surface area contributed by atoms with Crippen LogP contribution in [-0.2, 0) is 32.0 Å². The zero-order valence-corrected chi connectivity index (χ0v) is 57.4. The van der Waals surface area contributed by atoms with Crippen molar-refractivity contribution in [2.75, 3.05) is 0 Å².